The third kappa shape index (κ3) is 6.66. The Labute approximate surface area is 93.6 Å². The number of nitrogen functional groups attached to an aromatic ring is 1. The van der Waals surface area contributed by atoms with Gasteiger partial charge in [-0.1, -0.05) is 27.7 Å². The first-order chi connectivity index (χ1) is 7.09. The molecule has 0 atom stereocenters. The first kappa shape index (κ1) is 16.1. The number of nitrogens with two attached hydrogens (primary N) is 2. The van der Waals surface area contributed by atoms with Crippen LogP contribution in [0.15, 0.2) is 11.8 Å². The standard InChI is InChI=1S/C8H13N3.2C2H6/c1-5(9)3-7-4-6(2)11-8(7)10;2*1-2/h3-4,11H,9-10H2,1-2H3;2*1-2H3/b5-3-;;. The molecule has 3 heteroatoms. The molecule has 0 bridgehead atoms. The van der Waals surface area contributed by atoms with Crippen LogP contribution in [0.3, 0.4) is 0 Å². The Balaban J connectivity index is 0. The summed E-state index contributed by atoms with van der Waals surface area (Å²) >= 11 is 0. The molecule has 1 heterocycles. The predicted molar refractivity (Wildman–Crippen MR) is 70.5 cm³/mol. The summed E-state index contributed by atoms with van der Waals surface area (Å²) < 4.78 is 0. The first-order valence-electron chi connectivity index (χ1n) is 5.48. The number of aromatic nitrogens is 1. The van der Waals surface area contributed by atoms with Crippen LogP contribution in [0.2, 0.25) is 0 Å². The molecule has 3 nitrogen and oxygen atoms in total. The molecule has 88 valence electrons. The normalized spacial score (nSPS) is 9.60. The maximum atomic E-state index is 5.63. The number of allylic oxidation sites excluding steroid dienone is 1. The minimum Gasteiger partial charge on any atom is -0.402 e. The van der Waals surface area contributed by atoms with Gasteiger partial charge >= 0.3 is 0 Å². The van der Waals surface area contributed by atoms with Crippen LogP contribution in [0.5, 0.6) is 0 Å². The molecule has 15 heavy (non-hydrogen) atoms. The zero-order valence-corrected chi connectivity index (χ0v) is 10.8. The molecule has 1 rings (SSSR count). The Kier molecular flexibility index (Phi) is 9.84. The van der Waals surface area contributed by atoms with Crippen LogP contribution in [0.4, 0.5) is 5.82 Å². The van der Waals surface area contributed by atoms with Crippen molar-refractivity contribution < 1.29 is 0 Å². The van der Waals surface area contributed by atoms with Crippen LogP contribution >= 0.6 is 0 Å². The van der Waals surface area contributed by atoms with E-state index >= 15 is 0 Å². The monoisotopic (exact) mass is 211 g/mol. The van der Waals surface area contributed by atoms with Gasteiger partial charge in [0.05, 0.1) is 0 Å². The van der Waals surface area contributed by atoms with Crippen molar-refractivity contribution in [2.24, 2.45) is 5.73 Å². The fourth-order valence-electron chi connectivity index (χ4n) is 0.996. The molecule has 0 aliphatic rings. The Morgan fingerprint density at radius 2 is 1.73 bits per heavy atom. The van der Waals surface area contributed by atoms with Gasteiger partial charge in [-0.2, -0.15) is 0 Å². The van der Waals surface area contributed by atoms with E-state index in [1.54, 1.807) is 0 Å². The second kappa shape index (κ2) is 9.19. The Bertz CT molecular complexity index is 281. The van der Waals surface area contributed by atoms with Crippen molar-refractivity contribution in [3.8, 4) is 0 Å². The van der Waals surface area contributed by atoms with Crippen LogP contribution in [-0.4, -0.2) is 4.98 Å². The highest BCUT2D eigenvalue weighted by Crippen LogP contribution is 2.14. The molecule has 0 amide bonds. The number of anilines is 1. The number of H-pyrrole nitrogens is 1. The van der Waals surface area contributed by atoms with E-state index in [-0.39, 0.29) is 0 Å². The van der Waals surface area contributed by atoms with Crippen molar-refractivity contribution in [2.45, 2.75) is 41.5 Å². The minimum absolute atomic E-state index is 0.673. The summed E-state index contributed by atoms with van der Waals surface area (Å²) in [7, 11) is 0. The SMILES string of the molecule is C/C(N)=C/c1cc(C)[nH]c1N.CC.CC. The van der Waals surface area contributed by atoms with Crippen molar-refractivity contribution in [2.75, 3.05) is 5.73 Å². The summed E-state index contributed by atoms with van der Waals surface area (Å²) in [5, 5.41) is 0. The zero-order chi connectivity index (χ0) is 12.4. The lowest BCUT2D eigenvalue weighted by Crippen LogP contribution is -1.91. The molecule has 0 aromatic carbocycles. The highest BCUT2D eigenvalue weighted by Gasteiger charge is 1.98. The third-order valence-corrected chi connectivity index (χ3v) is 1.40. The Morgan fingerprint density at radius 1 is 1.27 bits per heavy atom. The third-order valence-electron chi connectivity index (χ3n) is 1.40. The number of aryl methyl sites for hydroxylation is 1. The lowest BCUT2D eigenvalue weighted by Gasteiger charge is -1.91. The van der Waals surface area contributed by atoms with Gasteiger partial charge in [0.15, 0.2) is 0 Å². The lowest BCUT2D eigenvalue weighted by atomic mass is 10.2. The van der Waals surface area contributed by atoms with Gasteiger partial charge in [-0.05, 0) is 26.0 Å². The number of hydrogen-bond donors (Lipinski definition) is 3. The van der Waals surface area contributed by atoms with Gasteiger partial charge in [0, 0.05) is 17.0 Å². The molecule has 1 aromatic rings. The summed E-state index contributed by atoms with van der Waals surface area (Å²) in [4.78, 5) is 2.99. The van der Waals surface area contributed by atoms with E-state index in [0.29, 0.717) is 5.82 Å². The van der Waals surface area contributed by atoms with Crippen LogP contribution in [0, 0.1) is 6.92 Å². The van der Waals surface area contributed by atoms with Crippen molar-refractivity contribution in [3.63, 3.8) is 0 Å². The molecule has 5 N–H and O–H groups in total. The van der Waals surface area contributed by atoms with Gasteiger partial charge in [-0.25, -0.2) is 0 Å². The van der Waals surface area contributed by atoms with Gasteiger partial charge in [0.25, 0.3) is 0 Å². The molecule has 0 unspecified atom stereocenters. The van der Waals surface area contributed by atoms with Gasteiger partial charge in [0.2, 0.25) is 0 Å². The van der Waals surface area contributed by atoms with Crippen molar-refractivity contribution in [1.82, 2.24) is 4.98 Å². The largest absolute Gasteiger partial charge is 0.402 e. The minimum atomic E-state index is 0.673. The second-order valence-electron chi connectivity index (χ2n) is 2.71. The molecular weight excluding hydrogens is 186 g/mol. The molecule has 0 aliphatic carbocycles. The van der Waals surface area contributed by atoms with Gasteiger partial charge in [-0.3, -0.25) is 0 Å². The topological polar surface area (TPSA) is 67.8 Å². The lowest BCUT2D eigenvalue weighted by molar-refractivity contribution is 1.27. The summed E-state index contributed by atoms with van der Waals surface area (Å²) in [6.45, 7) is 11.8. The van der Waals surface area contributed by atoms with E-state index in [9.17, 15) is 0 Å². The Hall–Kier alpha value is -1.38. The smallest absolute Gasteiger partial charge is 0.108 e. The fourth-order valence-corrected chi connectivity index (χ4v) is 0.996. The molecule has 0 saturated heterocycles. The molecule has 1 aromatic heterocycles. The second-order valence-corrected chi connectivity index (χ2v) is 2.71. The van der Waals surface area contributed by atoms with Gasteiger partial charge in [-0.15, -0.1) is 0 Å². The summed E-state index contributed by atoms with van der Waals surface area (Å²) in [5.41, 5.74) is 13.9. The van der Waals surface area contributed by atoms with Crippen LogP contribution in [-0.2, 0) is 0 Å². The number of aromatic amines is 1. The molecule has 0 spiro atoms. The molecule has 0 saturated carbocycles. The number of rotatable bonds is 1. The highest BCUT2D eigenvalue weighted by atomic mass is 14.8. The van der Waals surface area contributed by atoms with E-state index in [2.05, 4.69) is 4.98 Å². The van der Waals surface area contributed by atoms with E-state index < -0.39 is 0 Å². The average molecular weight is 211 g/mol. The van der Waals surface area contributed by atoms with E-state index in [1.165, 1.54) is 0 Å². The number of nitrogens with one attached hydrogen (secondary N) is 1. The van der Waals surface area contributed by atoms with E-state index in [1.807, 2.05) is 53.7 Å². The van der Waals surface area contributed by atoms with Crippen molar-refractivity contribution in [1.29, 1.82) is 0 Å². The summed E-state index contributed by atoms with van der Waals surface area (Å²) in [6.07, 6.45) is 1.85. The van der Waals surface area contributed by atoms with Gasteiger partial charge < -0.3 is 16.5 Å². The van der Waals surface area contributed by atoms with Crippen LogP contribution < -0.4 is 11.5 Å². The predicted octanol–water partition coefficient (Wildman–Crippen LogP) is 3.28. The fraction of sp³-hybridized carbons (Fsp3) is 0.500. The molecule has 0 radical (unpaired) electrons. The molecular formula is C12H25N3. The molecule has 0 fully saturated rings. The summed E-state index contributed by atoms with van der Waals surface area (Å²) in [5.74, 6) is 0.673. The van der Waals surface area contributed by atoms with Crippen LogP contribution in [0.25, 0.3) is 6.08 Å². The van der Waals surface area contributed by atoms with E-state index in [0.717, 1.165) is 17.0 Å². The number of hydrogen-bond acceptors (Lipinski definition) is 2. The maximum absolute atomic E-state index is 5.63. The molecule has 0 aliphatic heterocycles. The summed E-state index contributed by atoms with van der Waals surface area (Å²) in [6, 6.07) is 1.96. The van der Waals surface area contributed by atoms with Gasteiger partial charge in [0.1, 0.15) is 5.82 Å². The van der Waals surface area contributed by atoms with Crippen LogP contribution in [0.1, 0.15) is 45.9 Å². The van der Waals surface area contributed by atoms with E-state index in [4.69, 9.17) is 11.5 Å². The highest BCUT2D eigenvalue weighted by molar-refractivity contribution is 5.63. The zero-order valence-electron chi connectivity index (χ0n) is 10.8. The quantitative estimate of drug-likeness (QED) is 0.667. The van der Waals surface area contributed by atoms with Crippen molar-refractivity contribution in [3.05, 3.63) is 23.0 Å². The van der Waals surface area contributed by atoms with Crippen molar-refractivity contribution >= 4 is 11.9 Å². The Morgan fingerprint density at radius 3 is 2.00 bits per heavy atom. The average Bonchev–Trinajstić information content (AvgIpc) is 2.51. The first-order valence-corrected chi connectivity index (χ1v) is 5.48. The maximum Gasteiger partial charge on any atom is 0.108 e.